The van der Waals surface area contributed by atoms with Crippen LogP contribution in [0.5, 0.6) is 0 Å². The van der Waals surface area contributed by atoms with Crippen molar-refractivity contribution in [3.05, 3.63) is 42.5 Å². The van der Waals surface area contributed by atoms with E-state index in [1.54, 1.807) is 32.2 Å². The minimum atomic E-state index is -3.82. The molecule has 0 heterocycles. The van der Waals surface area contributed by atoms with Crippen molar-refractivity contribution in [2.24, 2.45) is 0 Å². The second kappa shape index (κ2) is 8.43. The first kappa shape index (κ1) is 19.6. The number of fused-ring (bicyclic) bond motifs is 1. The monoisotopic (exact) mass is 332 g/mol. The Morgan fingerprint density at radius 3 is 2.41 bits per heavy atom. The van der Waals surface area contributed by atoms with E-state index >= 15 is 0 Å². The minimum absolute atomic E-state index is 0. The first-order valence-corrected chi connectivity index (χ1v) is 8.34. The van der Waals surface area contributed by atoms with Gasteiger partial charge in [-0.25, -0.2) is 0 Å². The molecule has 0 saturated heterocycles. The van der Waals surface area contributed by atoms with Crippen molar-refractivity contribution in [2.75, 3.05) is 7.11 Å². The summed E-state index contributed by atoms with van der Waals surface area (Å²) in [6.45, 7) is 3.67. The molecule has 22 heavy (non-hydrogen) atoms. The van der Waals surface area contributed by atoms with Crippen molar-refractivity contribution in [1.29, 1.82) is 0 Å². The Morgan fingerprint density at radius 1 is 1.09 bits per heavy atom. The van der Waals surface area contributed by atoms with Gasteiger partial charge in [-0.05, 0) is 25.0 Å². The molecular weight excluding hydrogens is 311 g/mol. The topological polar surface area (TPSA) is 52.6 Å². The normalized spacial score (nSPS) is 14.3. The Bertz CT molecular complexity index is 672. The van der Waals surface area contributed by atoms with E-state index in [0.717, 1.165) is 5.56 Å². The molecule has 2 atom stereocenters. The molecule has 2 aliphatic carbocycles. The van der Waals surface area contributed by atoms with Gasteiger partial charge in [0, 0.05) is 12.7 Å². The van der Waals surface area contributed by atoms with Gasteiger partial charge in [0.15, 0.2) is 0 Å². The van der Waals surface area contributed by atoms with Crippen LogP contribution in [0.2, 0.25) is 0 Å². The van der Waals surface area contributed by atoms with Gasteiger partial charge >= 0.3 is 29.6 Å². The van der Waals surface area contributed by atoms with Gasteiger partial charge < -0.3 is 4.74 Å². The summed E-state index contributed by atoms with van der Waals surface area (Å²) in [7, 11) is -2.28. The van der Waals surface area contributed by atoms with E-state index in [4.69, 9.17) is 8.92 Å². The Labute approximate surface area is 154 Å². The Hall–Kier alpha value is -0.430. The first-order chi connectivity index (χ1) is 9.99. The van der Waals surface area contributed by atoms with Crippen LogP contribution in [-0.2, 0) is 19.0 Å². The van der Waals surface area contributed by atoms with Crippen LogP contribution in [0, 0.1) is 0 Å². The van der Waals surface area contributed by atoms with Gasteiger partial charge in [-0.1, -0.05) is 43.3 Å². The summed E-state index contributed by atoms with van der Waals surface area (Å²) in [4.78, 5) is 0.204. The standard InChI is InChI=1S/C16H20O4S.Na.H/c1-4-15(12(2)19-3)20-21(17,18)16-11-10-13-8-6-5-7-9-14(13)16;;/h5-12,15H,4H2,1-3H3;;. The van der Waals surface area contributed by atoms with Crippen molar-refractivity contribution < 1.29 is 17.3 Å². The molecule has 0 N–H and O–H groups in total. The second-order valence-corrected chi connectivity index (χ2v) is 6.46. The van der Waals surface area contributed by atoms with Gasteiger partial charge in [-0.2, -0.15) is 8.42 Å². The Balaban J connectivity index is 0.00000242. The molecule has 0 radical (unpaired) electrons. The molecule has 0 aliphatic heterocycles. The molecule has 6 heteroatoms. The molecular formula is C16H21NaO4S. The van der Waals surface area contributed by atoms with Crippen LogP contribution in [0.25, 0.3) is 11.1 Å². The summed E-state index contributed by atoms with van der Waals surface area (Å²) >= 11 is 0. The maximum atomic E-state index is 12.5. The third kappa shape index (κ3) is 4.31. The molecule has 2 unspecified atom stereocenters. The molecule has 116 valence electrons. The van der Waals surface area contributed by atoms with Crippen molar-refractivity contribution in [1.82, 2.24) is 0 Å². The second-order valence-electron chi connectivity index (χ2n) is 4.92. The summed E-state index contributed by atoms with van der Waals surface area (Å²) in [6.07, 6.45) is -0.231. The van der Waals surface area contributed by atoms with E-state index in [9.17, 15) is 8.42 Å². The molecule has 0 saturated carbocycles. The summed E-state index contributed by atoms with van der Waals surface area (Å²) in [5.74, 6) is 0. The molecule has 0 spiro atoms. The molecule has 0 aromatic rings. The molecule has 4 nitrogen and oxygen atoms in total. The number of methoxy groups -OCH3 is 1. The zero-order valence-corrected chi connectivity index (χ0v) is 13.3. The van der Waals surface area contributed by atoms with Crippen LogP contribution < -0.4 is 0 Å². The summed E-state index contributed by atoms with van der Waals surface area (Å²) < 4.78 is 35.6. The fourth-order valence-corrected chi connectivity index (χ4v) is 3.66. The SMILES string of the molecule is CCC(OS(=O)(=O)c1ccc2cccccc1-2)C(C)OC.[NaH]. The number of rotatable bonds is 6. The number of hydrogen-bond donors (Lipinski definition) is 0. The molecule has 0 aromatic carbocycles. The Kier molecular flexibility index (Phi) is 7.52. The van der Waals surface area contributed by atoms with Crippen molar-refractivity contribution in [3.8, 4) is 11.1 Å². The van der Waals surface area contributed by atoms with Crippen molar-refractivity contribution in [2.45, 2.75) is 37.4 Å². The van der Waals surface area contributed by atoms with Gasteiger partial charge in [0.05, 0.1) is 6.10 Å². The predicted octanol–water partition coefficient (Wildman–Crippen LogP) is 2.66. The van der Waals surface area contributed by atoms with E-state index in [1.165, 1.54) is 0 Å². The number of ether oxygens (including phenoxy) is 1. The fourth-order valence-electron chi connectivity index (χ4n) is 2.25. The molecule has 2 aliphatic rings. The molecule has 2 rings (SSSR count). The molecule has 0 amide bonds. The van der Waals surface area contributed by atoms with E-state index in [0.29, 0.717) is 12.0 Å². The van der Waals surface area contributed by atoms with E-state index in [1.807, 2.05) is 31.2 Å². The van der Waals surface area contributed by atoms with Crippen molar-refractivity contribution >= 4 is 39.7 Å². The van der Waals surface area contributed by atoms with Gasteiger partial charge in [-0.3, -0.25) is 4.18 Å². The maximum absolute atomic E-state index is 12.5. The zero-order valence-electron chi connectivity index (χ0n) is 12.4. The average Bonchev–Trinajstić information content (AvgIpc) is 2.74. The third-order valence-corrected chi connectivity index (χ3v) is 4.96. The van der Waals surface area contributed by atoms with E-state index < -0.39 is 16.2 Å². The van der Waals surface area contributed by atoms with Gasteiger partial charge in [-0.15, -0.1) is 0 Å². The van der Waals surface area contributed by atoms with Crippen LogP contribution in [-0.4, -0.2) is 57.3 Å². The zero-order chi connectivity index (χ0) is 15.5. The van der Waals surface area contributed by atoms with Crippen LogP contribution in [0.1, 0.15) is 20.3 Å². The van der Waals surface area contributed by atoms with Gasteiger partial charge in [0.2, 0.25) is 0 Å². The third-order valence-electron chi connectivity index (χ3n) is 3.57. The summed E-state index contributed by atoms with van der Waals surface area (Å²) in [5, 5.41) is 0. The quantitative estimate of drug-likeness (QED) is 0.603. The van der Waals surface area contributed by atoms with Crippen LogP contribution in [0.15, 0.2) is 47.4 Å². The Morgan fingerprint density at radius 2 is 1.77 bits per heavy atom. The molecule has 0 bridgehead atoms. The van der Waals surface area contributed by atoms with Crippen LogP contribution in [0.3, 0.4) is 0 Å². The number of hydrogen-bond acceptors (Lipinski definition) is 4. The first-order valence-electron chi connectivity index (χ1n) is 6.93. The average molecular weight is 332 g/mol. The fraction of sp³-hybridized carbons (Fsp3) is 0.375. The summed E-state index contributed by atoms with van der Waals surface area (Å²) in [5.41, 5.74) is 1.54. The van der Waals surface area contributed by atoms with Crippen LogP contribution in [0.4, 0.5) is 0 Å². The van der Waals surface area contributed by atoms with Crippen LogP contribution >= 0.6 is 0 Å². The summed E-state index contributed by atoms with van der Waals surface area (Å²) in [6, 6.07) is 12.6. The van der Waals surface area contributed by atoms with E-state index in [2.05, 4.69) is 0 Å². The van der Waals surface area contributed by atoms with Crippen molar-refractivity contribution in [3.63, 3.8) is 0 Å². The van der Waals surface area contributed by atoms with E-state index in [-0.39, 0.29) is 40.6 Å². The van der Waals surface area contributed by atoms with Gasteiger partial charge in [0.1, 0.15) is 11.0 Å². The molecule has 0 aromatic heterocycles. The van der Waals surface area contributed by atoms with Gasteiger partial charge in [0.25, 0.3) is 10.1 Å². The predicted molar refractivity (Wildman–Crippen MR) is 89.0 cm³/mol. The molecule has 0 fully saturated rings.